The molecule has 1 aliphatic rings. The van der Waals surface area contributed by atoms with Gasteiger partial charge in [-0.05, 0) is 71.3 Å². The third-order valence-corrected chi connectivity index (χ3v) is 4.22. The van der Waals surface area contributed by atoms with Crippen molar-refractivity contribution < 1.29 is 4.79 Å². The fourth-order valence-corrected chi connectivity index (χ4v) is 2.82. The van der Waals surface area contributed by atoms with Gasteiger partial charge in [0, 0.05) is 13.1 Å². The molecule has 1 heterocycles. The Bertz CT molecular complexity index is 537. The normalized spacial score (nSPS) is 14.4. The van der Waals surface area contributed by atoms with E-state index in [1.165, 1.54) is 31.3 Å². The summed E-state index contributed by atoms with van der Waals surface area (Å²) in [6.07, 6.45) is 11.0. The van der Waals surface area contributed by atoms with Crippen molar-refractivity contribution in [2.45, 2.75) is 38.5 Å². The maximum absolute atomic E-state index is 12.1. The van der Waals surface area contributed by atoms with Crippen LogP contribution in [0.5, 0.6) is 0 Å². The van der Waals surface area contributed by atoms with Crippen LogP contribution in [0.25, 0.3) is 0 Å². The zero-order valence-electron chi connectivity index (χ0n) is 15.0. The predicted molar refractivity (Wildman–Crippen MR) is 99.4 cm³/mol. The second kappa shape index (κ2) is 10.1. The van der Waals surface area contributed by atoms with Gasteiger partial charge in [0.1, 0.15) is 5.69 Å². The molecule has 0 spiro atoms. The third kappa shape index (κ3) is 6.71. The lowest BCUT2D eigenvalue weighted by Crippen LogP contribution is -2.25. The van der Waals surface area contributed by atoms with E-state index in [1.54, 1.807) is 12.3 Å². The summed E-state index contributed by atoms with van der Waals surface area (Å²) < 4.78 is 0. The molecule has 1 aromatic heterocycles. The number of rotatable bonds is 9. The van der Waals surface area contributed by atoms with Crippen LogP contribution in [0.4, 0.5) is 5.69 Å². The van der Waals surface area contributed by atoms with Gasteiger partial charge in [-0.25, -0.2) is 4.98 Å². The number of carbonyl (C=O) groups is 1. The van der Waals surface area contributed by atoms with E-state index in [0.29, 0.717) is 12.2 Å². The lowest BCUT2D eigenvalue weighted by atomic mass is 9.97. The molecular formula is C19H30N4O. The molecule has 0 unspecified atom stereocenters. The topological polar surface area (TPSA) is 57.3 Å². The Balaban J connectivity index is 1.69. The molecule has 132 valence electrons. The molecule has 1 aromatic rings. The van der Waals surface area contributed by atoms with Gasteiger partial charge in [0.05, 0.1) is 11.9 Å². The van der Waals surface area contributed by atoms with Gasteiger partial charge in [-0.2, -0.15) is 0 Å². The Morgan fingerprint density at radius 1 is 1.25 bits per heavy atom. The SMILES string of the molecule is CN(C)CCCNc1ccc(C(=O)NCCC2=CCCCC2)nc1. The van der Waals surface area contributed by atoms with Crippen molar-refractivity contribution >= 4 is 11.6 Å². The van der Waals surface area contributed by atoms with Crippen LogP contribution in [-0.4, -0.2) is 49.5 Å². The monoisotopic (exact) mass is 330 g/mol. The van der Waals surface area contributed by atoms with Gasteiger partial charge < -0.3 is 15.5 Å². The van der Waals surface area contributed by atoms with E-state index in [0.717, 1.165) is 31.6 Å². The summed E-state index contributed by atoms with van der Waals surface area (Å²) in [5, 5.41) is 6.29. The number of carbonyl (C=O) groups excluding carboxylic acids is 1. The molecule has 0 atom stereocenters. The Labute approximate surface area is 145 Å². The summed E-state index contributed by atoms with van der Waals surface area (Å²) in [4.78, 5) is 18.5. The minimum absolute atomic E-state index is 0.0921. The summed E-state index contributed by atoms with van der Waals surface area (Å²) in [5.41, 5.74) is 2.91. The molecule has 2 rings (SSSR count). The van der Waals surface area contributed by atoms with Crippen LogP contribution in [0.15, 0.2) is 30.0 Å². The number of amides is 1. The second-order valence-corrected chi connectivity index (χ2v) is 6.63. The molecule has 1 amide bonds. The molecule has 24 heavy (non-hydrogen) atoms. The molecule has 0 bridgehead atoms. The highest BCUT2D eigenvalue weighted by Crippen LogP contribution is 2.19. The van der Waals surface area contributed by atoms with Crippen LogP contribution in [0.3, 0.4) is 0 Å². The lowest BCUT2D eigenvalue weighted by Gasteiger charge is -2.13. The maximum atomic E-state index is 12.1. The van der Waals surface area contributed by atoms with Crippen LogP contribution in [0.2, 0.25) is 0 Å². The lowest BCUT2D eigenvalue weighted by molar-refractivity contribution is 0.0949. The summed E-state index contributed by atoms with van der Waals surface area (Å²) in [6, 6.07) is 3.70. The average Bonchev–Trinajstić information content (AvgIpc) is 2.60. The van der Waals surface area contributed by atoms with E-state index < -0.39 is 0 Å². The van der Waals surface area contributed by atoms with Crippen molar-refractivity contribution in [1.29, 1.82) is 0 Å². The highest BCUT2D eigenvalue weighted by molar-refractivity contribution is 5.92. The minimum atomic E-state index is -0.0921. The number of allylic oxidation sites excluding steroid dienone is 1. The summed E-state index contributed by atoms with van der Waals surface area (Å²) in [7, 11) is 4.14. The Kier molecular flexibility index (Phi) is 7.75. The number of nitrogens with one attached hydrogen (secondary N) is 2. The molecule has 0 saturated heterocycles. The van der Waals surface area contributed by atoms with E-state index in [4.69, 9.17) is 0 Å². The van der Waals surface area contributed by atoms with E-state index >= 15 is 0 Å². The first-order chi connectivity index (χ1) is 11.6. The fourth-order valence-electron chi connectivity index (χ4n) is 2.82. The van der Waals surface area contributed by atoms with E-state index in [9.17, 15) is 4.79 Å². The van der Waals surface area contributed by atoms with Gasteiger partial charge in [0.2, 0.25) is 0 Å². The van der Waals surface area contributed by atoms with Crippen LogP contribution in [0.1, 0.15) is 49.0 Å². The molecule has 0 radical (unpaired) electrons. The van der Waals surface area contributed by atoms with Gasteiger partial charge in [-0.1, -0.05) is 11.6 Å². The quantitative estimate of drug-likeness (QED) is 0.540. The van der Waals surface area contributed by atoms with Crippen molar-refractivity contribution in [2.75, 3.05) is 39.0 Å². The smallest absolute Gasteiger partial charge is 0.269 e. The molecule has 0 saturated carbocycles. The minimum Gasteiger partial charge on any atom is -0.384 e. The molecule has 1 aliphatic carbocycles. The van der Waals surface area contributed by atoms with E-state index in [2.05, 4.69) is 40.7 Å². The van der Waals surface area contributed by atoms with Crippen LogP contribution < -0.4 is 10.6 Å². The molecule has 0 aliphatic heterocycles. The molecule has 0 fully saturated rings. The number of nitrogens with zero attached hydrogens (tertiary/aromatic N) is 2. The number of hydrogen-bond donors (Lipinski definition) is 2. The first-order valence-corrected chi connectivity index (χ1v) is 8.96. The number of hydrogen-bond acceptors (Lipinski definition) is 4. The van der Waals surface area contributed by atoms with Gasteiger partial charge in [-0.3, -0.25) is 4.79 Å². The molecule has 5 nitrogen and oxygen atoms in total. The summed E-state index contributed by atoms with van der Waals surface area (Å²) in [5.74, 6) is -0.0921. The van der Waals surface area contributed by atoms with Crippen molar-refractivity contribution in [1.82, 2.24) is 15.2 Å². The van der Waals surface area contributed by atoms with E-state index in [1.807, 2.05) is 6.07 Å². The number of aromatic nitrogens is 1. The highest BCUT2D eigenvalue weighted by Gasteiger charge is 2.08. The standard InChI is InChI=1S/C19H30N4O/c1-23(2)14-6-12-20-17-9-10-18(22-15-17)19(24)21-13-11-16-7-4-3-5-8-16/h7,9-10,15,20H,3-6,8,11-14H2,1-2H3,(H,21,24). The zero-order valence-corrected chi connectivity index (χ0v) is 15.0. The van der Waals surface area contributed by atoms with Crippen LogP contribution in [-0.2, 0) is 0 Å². The first-order valence-electron chi connectivity index (χ1n) is 8.96. The van der Waals surface area contributed by atoms with Gasteiger partial charge >= 0.3 is 0 Å². The van der Waals surface area contributed by atoms with Crippen LogP contribution >= 0.6 is 0 Å². The molecule has 5 heteroatoms. The Morgan fingerprint density at radius 2 is 2.12 bits per heavy atom. The Hall–Kier alpha value is -1.88. The summed E-state index contributed by atoms with van der Waals surface area (Å²) >= 11 is 0. The van der Waals surface area contributed by atoms with Crippen molar-refractivity contribution in [2.24, 2.45) is 0 Å². The van der Waals surface area contributed by atoms with Crippen LogP contribution in [0, 0.1) is 0 Å². The predicted octanol–water partition coefficient (Wildman–Crippen LogP) is 3.07. The largest absolute Gasteiger partial charge is 0.384 e. The maximum Gasteiger partial charge on any atom is 0.269 e. The number of anilines is 1. The van der Waals surface area contributed by atoms with Gasteiger partial charge in [0.15, 0.2) is 0 Å². The van der Waals surface area contributed by atoms with Crippen molar-refractivity contribution in [3.8, 4) is 0 Å². The zero-order chi connectivity index (χ0) is 17.2. The van der Waals surface area contributed by atoms with Crippen molar-refractivity contribution in [3.05, 3.63) is 35.7 Å². The molecule has 2 N–H and O–H groups in total. The number of pyridine rings is 1. The third-order valence-electron chi connectivity index (χ3n) is 4.22. The van der Waals surface area contributed by atoms with E-state index in [-0.39, 0.29) is 5.91 Å². The molecule has 0 aromatic carbocycles. The Morgan fingerprint density at radius 3 is 2.79 bits per heavy atom. The molecular weight excluding hydrogens is 300 g/mol. The first kappa shape index (κ1) is 18.5. The second-order valence-electron chi connectivity index (χ2n) is 6.63. The highest BCUT2D eigenvalue weighted by atomic mass is 16.1. The fraction of sp³-hybridized carbons (Fsp3) is 0.579. The average molecular weight is 330 g/mol. The van der Waals surface area contributed by atoms with Crippen molar-refractivity contribution in [3.63, 3.8) is 0 Å². The summed E-state index contributed by atoms with van der Waals surface area (Å²) in [6.45, 7) is 2.65. The van der Waals surface area contributed by atoms with Gasteiger partial charge in [-0.15, -0.1) is 0 Å². The van der Waals surface area contributed by atoms with Gasteiger partial charge in [0.25, 0.3) is 5.91 Å².